The molecule has 0 spiro atoms. The second-order valence-electron chi connectivity index (χ2n) is 7.03. The summed E-state index contributed by atoms with van der Waals surface area (Å²) in [6.45, 7) is 3.61. The van der Waals surface area contributed by atoms with E-state index in [1.54, 1.807) is 6.92 Å². The van der Waals surface area contributed by atoms with E-state index in [0.29, 0.717) is 23.2 Å². The van der Waals surface area contributed by atoms with Crippen LogP contribution in [0.2, 0.25) is 0 Å². The Kier molecular flexibility index (Phi) is 7.89. The quantitative estimate of drug-likeness (QED) is 0.395. The summed E-state index contributed by atoms with van der Waals surface area (Å²) in [7, 11) is -3.65. The van der Waals surface area contributed by atoms with Crippen LogP contribution in [0.4, 0.5) is 28.9 Å². The first-order valence-corrected chi connectivity index (χ1v) is 11.4. The van der Waals surface area contributed by atoms with Crippen LogP contribution in [0.25, 0.3) is 6.08 Å². The molecule has 0 fully saturated rings. The molecule has 2 rings (SSSR count). The molecule has 174 valence electrons. The van der Waals surface area contributed by atoms with E-state index < -0.39 is 33.5 Å². The maximum absolute atomic E-state index is 14.2. The summed E-state index contributed by atoms with van der Waals surface area (Å²) in [4.78, 5) is 12.1. The van der Waals surface area contributed by atoms with E-state index in [-0.39, 0.29) is 17.9 Å². The number of benzene rings is 2. The van der Waals surface area contributed by atoms with Crippen molar-refractivity contribution < 1.29 is 30.8 Å². The third-order valence-electron chi connectivity index (χ3n) is 4.26. The summed E-state index contributed by atoms with van der Waals surface area (Å²) >= 11 is 0. The Balaban J connectivity index is 2.10. The number of hydrogen-bond donors (Lipinski definition) is 3. The van der Waals surface area contributed by atoms with Crippen LogP contribution < -0.4 is 15.4 Å². The van der Waals surface area contributed by atoms with Crippen molar-refractivity contribution in [1.29, 1.82) is 0 Å². The van der Waals surface area contributed by atoms with Gasteiger partial charge in [0.25, 0.3) is 0 Å². The van der Waals surface area contributed by atoms with Crippen LogP contribution in [0.5, 0.6) is 0 Å². The summed E-state index contributed by atoms with van der Waals surface area (Å²) in [5, 5.41) is 5.38. The maximum atomic E-state index is 14.2. The lowest BCUT2D eigenvalue weighted by atomic mass is 10.1. The summed E-state index contributed by atoms with van der Waals surface area (Å²) < 4.78 is 77.7. The summed E-state index contributed by atoms with van der Waals surface area (Å²) in [5.41, 5.74) is 0.409. The highest BCUT2D eigenvalue weighted by Gasteiger charge is 2.30. The Morgan fingerprint density at radius 3 is 2.41 bits per heavy atom. The van der Waals surface area contributed by atoms with Crippen molar-refractivity contribution in [3.05, 3.63) is 64.5 Å². The Morgan fingerprint density at radius 2 is 1.84 bits per heavy atom. The SMILES string of the molecule is CCNc1cc(C(F)(F)F)ccc1C=CC(=O)NCc1cc(C)c(NS(C)(=O)=O)c(F)c1. The van der Waals surface area contributed by atoms with Gasteiger partial charge in [0.05, 0.1) is 17.5 Å². The van der Waals surface area contributed by atoms with Crippen LogP contribution in [0.15, 0.2) is 36.4 Å². The molecule has 0 saturated carbocycles. The van der Waals surface area contributed by atoms with Gasteiger partial charge >= 0.3 is 6.18 Å². The average Bonchev–Trinajstić information content (AvgIpc) is 2.67. The number of anilines is 2. The molecule has 0 aliphatic heterocycles. The molecule has 0 aliphatic rings. The van der Waals surface area contributed by atoms with Gasteiger partial charge in [0.1, 0.15) is 5.82 Å². The summed E-state index contributed by atoms with van der Waals surface area (Å²) in [6.07, 6.45) is -1.04. The van der Waals surface area contributed by atoms with E-state index in [9.17, 15) is 30.8 Å². The van der Waals surface area contributed by atoms with Crippen molar-refractivity contribution in [1.82, 2.24) is 5.32 Å². The molecular weight excluding hydrogens is 450 g/mol. The van der Waals surface area contributed by atoms with Gasteiger partial charge in [-0.05, 0) is 54.8 Å². The zero-order valence-corrected chi connectivity index (χ0v) is 18.4. The second kappa shape index (κ2) is 10.0. The van der Waals surface area contributed by atoms with E-state index in [4.69, 9.17) is 0 Å². The Labute approximate surface area is 183 Å². The Hall–Kier alpha value is -3.08. The Bertz CT molecular complexity index is 1110. The van der Waals surface area contributed by atoms with Gasteiger partial charge < -0.3 is 10.6 Å². The molecule has 2 aromatic carbocycles. The number of carbonyl (C=O) groups excluding carboxylic acids is 1. The predicted octanol–water partition coefficient (Wildman–Crippen LogP) is 4.29. The number of carbonyl (C=O) groups is 1. The van der Waals surface area contributed by atoms with Crippen molar-refractivity contribution in [2.45, 2.75) is 26.6 Å². The highest BCUT2D eigenvalue weighted by atomic mass is 32.2. The van der Waals surface area contributed by atoms with Gasteiger partial charge in [0, 0.05) is 24.9 Å². The predicted molar refractivity (Wildman–Crippen MR) is 116 cm³/mol. The zero-order valence-electron chi connectivity index (χ0n) is 17.6. The van der Waals surface area contributed by atoms with Gasteiger partial charge in [-0.25, -0.2) is 12.8 Å². The molecule has 11 heteroatoms. The third kappa shape index (κ3) is 7.26. The van der Waals surface area contributed by atoms with Gasteiger partial charge in [-0.3, -0.25) is 9.52 Å². The fourth-order valence-corrected chi connectivity index (χ4v) is 3.50. The fourth-order valence-electron chi connectivity index (χ4n) is 2.87. The molecule has 0 atom stereocenters. The molecule has 0 heterocycles. The van der Waals surface area contributed by atoms with Gasteiger partial charge in [-0.15, -0.1) is 0 Å². The van der Waals surface area contributed by atoms with Crippen LogP contribution in [-0.2, 0) is 27.5 Å². The van der Waals surface area contributed by atoms with E-state index in [1.165, 1.54) is 25.1 Å². The number of halogens is 4. The van der Waals surface area contributed by atoms with Gasteiger partial charge in [-0.2, -0.15) is 13.2 Å². The molecule has 0 bridgehead atoms. The monoisotopic (exact) mass is 473 g/mol. The highest BCUT2D eigenvalue weighted by Crippen LogP contribution is 2.32. The molecular formula is C21H23F4N3O3S. The standard InChI is InChI=1S/C21H23F4N3O3S/c1-4-26-18-11-16(21(23,24)25)7-5-15(18)6-8-19(29)27-12-14-9-13(2)20(17(22)10-14)28-32(3,30)31/h5-11,26,28H,4,12H2,1-3H3,(H,27,29). The second-order valence-corrected chi connectivity index (χ2v) is 8.77. The van der Waals surface area contributed by atoms with Crippen LogP contribution in [-0.4, -0.2) is 27.1 Å². The number of hydrogen-bond acceptors (Lipinski definition) is 4. The number of amides is 1. The van der Waals surface area contributed by atoms with Gasteiger partial charge in [-0.1, -0.05) is 12.1 Å². The molecule has 3 N–H and O–H groups in total. The number of sulfonamides is 1. The zero-order chi connectivity index (χ0) is 24.1. The van der Waals surface area contributed by atoms with Crippen LogP contribution in [0.1, 0.15) is 29.2 Å². The molecule has 0 unspecified atom stereocenters. The van der Waals surface area contributed by atoms with E-state index in [2.05, 4.69) is 15.4 Å². The summed E-state index contributed by atoms with van der Waals surface area (Å²) in [6, 6.07) is 5.79. The lowest BCUT2D eigenvalue weighted by molar-refractivity contribution is -0.137. The lowest BCUT2D eigenvalue weighted by Crippen LogP contribution is -2.20. The van der Waals surface area contributed by atoms with Crippen LogP contribution >= 0.6 is 0 Å². The molecule has 0 radical (unpaired) electrons. The minimum atomic E-state index is -4.48. The van der Waals surface area contributed by atoms with Crippen molar-refractivity contribution in [2.75, 3.05) is 22.8 Å². The van der Waals surface area contributed by atoms with Crippen molar-refractivity contribution >= 4 is 33.4 Å². The Morgan fingerprint density at radius 1 is 1.16 bits per heavy atom. The van der Waals surface area contributed by atoms with Crippen LogP contribution in [0, 0.1) is 12.7 Å². The lowest BCUT2D eigenvalue weighted by Gasteiger charge is -2.13. The number of alkyl halides is 3. The molecule has 1 amide bonds. The number of nitrogens with one attached hydrogen (secondary N) is 3. The molecule has 0 aromatic heterocycles. The first kappa shape index (κ1) is 25.2. The van der Waals surface area contributed by atoms with Crippen molar-refractivity contribution in [3.63, 3.8) is 0 Å². The van der Waals surface area contributed by atoms with Gasteiger partial charge in [0.15, 0.2) is 0 Å². The fraction of sp³-hybridized carbons (Fsp3) is 0.286. The molecule has 2 aromatic rings. The largest absolute Gasteiger partial charge is 0.416 e. The first-order chi connectivity index (χ1) is 14.8. The minimum Gasteiger partial charge on any atom is -0.385 e. The highest BCUT2D eigenvalue weighted by molar-refractivity contribution is 7.92. The third-order valence-corrected chi connectivity index (χ3v) is 4.84. The topological polar surface area (TPSA) is 87.3 Å². The molecule has 0 aliphatic carbocycles. The van der Waals surface area contributed by atoms with E-state index >= 15 is 0 Å². The maximum Gasteiger partial charge on any atom is 0.416 e. The molecule has 6 nitrogen and oxygen atoms in total. The van der Waals surface area contributed by atoms with E-state index in [0.717, 1.165) is 30.5 Å². The average molecular weight is 473 g/mol. The number of aryl methyl sites for hydroxylation is 1. The smallest absolute Gasteiger partial charge is 0.385 e. The van der Waals surface area contributed by atoms with Crippen molar-refractivity contribution in [2.24, 2.45) is 0 Å². The number of rotatable bonds is 8. The van der Waals surface area contributed by atoms with Gasteiger partial charge in [0.2, 0.25) is 15.9 Å². The summed E-state index contributed by atoms with van der Waals surface area (Å²) in [5.74, 6) is -1.32. The first-order valence-electron chi connectivity index (χ1n) is 9.48. The molecule has 0 saturated heterocycles. The normalized spacial score (nSPS) is 12.1. The van der Waals surface area contributed by atoms with Crippen molar-refractivity contribution in [3.8, 4) is 0 Å². The minimum absolute atomic E-state index is 0.0346. The molecule has 32 heavy (non-hydrogen) atoms. The van der Waals surface area contributed by atoms with E-state index in [1.807, 2.05) is 0 Å². The van der Waals surface area contributed by atoms with Crippen LogP contribution in [0.3, 0.4) is 0 Å².